The summed E-state index contributed by atoms with van der Waals surface area (Å²) in [6, 6.07) is 1.52. The Labute approximate surface area is 81.6 Å². The third kappa shape index (κ3) is 1.36. The van der Waals surface area contributed by atoms with Gasteiger partial charge in [-0.15, -0.1) is 0 Å². The molecular formula is C10H12FN3. The summed E-state index contributed by atoms with van der Waals surface area (Å²) in [6.45, 7) is 5.83. The van der Waals surface area contributed by atoms with E-state index in [0.717, 1.165) is 11.2 Å². The minimum atomic E-state index is -0.272. The molecule has 3 nitrogen and oxygen atoms in total. The molecule has 0 N–H and O–H groups in total. The number of fused-ring (bicyclic) bond motifs is 1. The summed E-state index contributed by atoms with van der Waals surface area (Å²) in [6.07, 6.45) is 1.35. The van der Waals surface area contributed by atoms with Gasteiger partial charge in [-0.3, -0.25) is 0 Å². The minimum Gasteiger partial charge on any atom is -0.218 e. The molecule has 74 valence electrons. The van der Waals surface area contributed by atoms with E-state index in [1.165, 1.54) is 16.8 Å². The molecule has 0 radical (unpaired) electrons. The predicted octanol–water partition coefficient (Wildman–Crippen LogP) is 2.30. The van der Waals surface area contributed by atoms with Crippen LogP contribution in [0.5, 0.6) is 0 Å². The van der Waals surface area contributed by atoms with Gasteiger partial charge in [-0.25, -0.2) is 13.9 Å². The Morgan fingerprint density at radius 3 is 2.79 bits per heavy atom. The van der Waals surface area contributed by atoms with Crippen LogP contribution in [0.2, 0.25) is 0 Å². The monoisotopic (exact) mass is 193 g/mol. The number of hydrogen-bond acceptors (Lipinski definition) is 2. The molecule has 2 heterocycles. The maximum Gasteiger partial charge on any atom is 0.159 e. The van der Waals surface area contributed by atoms with Crippen LogP contribution >= 0.6 is 0 Å². The lowest BCUT2D eigenvalue weighted by Gasteiger charge is -2.05. The quantitative estimate of drug-likeness (QED) is 0.695. The van der Waals surface area contributed by atoms with Crippen LogP contribution in [0.4, 0.5) is 4.39 Å². The predicted molar refractivity (Wildman–Crippen MR) is 51.8 cm³/mol. The first-order valence-corrected chi connectivity index (χ1v) is 4.60. The summed E-state index contributed by atoms with van der Waals surface area (Å²) in [5, 5.41) is 4.08. The fraction of sp³-hybridized carbons (Fsp3) is 0.400. The van der Waals surface area contributed by atoms with Crippen LogP contribution in [-0.4, -0.2) is 14.6 Å². The number of hydrogen-bond donors (Lipinski definition) is 0. The first kappa shape index (κ1) is 9.12. The van der Waals surface area contributed by atoms with Gasteiger partial charge in [0.05, 0.1) is 6.20 Å². The minimum absolute atomic E-state index is 0.247. The fourth-order valence-corrected chi connectivity index (χ4v) is 1.51. The average Bonchev–Trinajstić information content (AvgIpc) is 2.42. The van der Waals surface area contributed by atoms with Crippen LogP contribution in [0.15, 0.2) is 12.3 Å². The number of halogens is 1. The molecule has 0 amide bonds. The van der Waals surface area contributed by atoms with Crippen LogP contribution < -0.4 is 0 Å². The van der Waals surface area contributed by atoms with Gasteiger partial charge in [0.1, 0.15) is 11.6 Å². The summed E-state index contributed by atoms with van der Waals surface area (Å²) in [7, 11) is 0. The molecule has 0 bridgehead atoms. The summed E-state index contributed by atoms with van der Waals surface area (Å²) in [5.41, 5.74) is 1.64. The number of pyridine rings is 1. The van der Waals surface area contributed by atoms with Crippen LogP contribution in [0.25, 0.3) is 5.65 Å². The van der Waals surface area contributed by atoms with Crippen molar-refractivity contribution < 1.29 is 4.39 Å². The Morgan fingerprint density at radius 1 is 1.43 bits per heavy atom. The summed E-state index contributed by atoms with van der Waals surface area (Å²) in [4.78, 5) is 4.26. The zero-order valence-corrected chi connectivity index (χ0v) is 8.45. The second kappa shape index (κ2) is 3.04. The average molecular weight is 193 g/mol. The van der Waals surface area contributed by atoms with Gasteiger partial charge >= 0.3 is 0 Å². The standard InChI is InChI=1S/C10H12FN3/c1-6(2)9-4-8(11)5-14-10(9)12-7(3)13-14/h4-6H,1-3H3. The first-order valence-electron chi connectivity index (χ1n) is 4.60. The summed E-state index contributed by atoms with van der Waals surface area (Å²) >= 11 is 0. The van der Waals surface area contributed by atoms with Gasteiger partial charge in [0.15, 0.2) is 5.65 Å². The summed E-state index contributed by atoms with van der Waals surface area (Å²) in [5.74, 6) is 0.639. The lowest BCUT2D eigenvalue weighted by molar-refractivity contribution is 0.609. The normalized spacial score (nSPS) is 11.5. The SMILES string of the molecule is Cc1nc2c(C(C)C)cc(F)cn2n1. The molecule has 0 saturated heterocycles. The number of nitrogens with zero attached hydrogens (tertiary/aromatic N) is 3. The fourth-order valence-electron chi connectivity index (χ4n) is 1.51. The Morgan fingerprint density at radius 2 is 2.14 bits per heavy atom. The van der Waals surface area contributed by atoms with Gasteiger partial charge in [0.2, 0.25) is 0 Å². The van der Waals surface area contributed by atoms with Crippen molar-refractivity contribution in [3.05, 3.63) is 29.5 Å². The molecule has 0 atom stereocenters. The third-order valence-corrected chi connectivity index (χ3v) is 2.16. The molecular weight excluding hydrogens is 181 g/mol. The van der Waals surface area contributed by atoms with Crippen LogP contribution in [-0.2, 0) is 0 Å². The van der Waals surface area contributed by atoms with Crippen molar-refractivity contribution in [3.8, 4) is 0 Å². The van der Waals surface area contributed by atoms with E-state index in [9.17, 15) is 4.39 Å². The van der Waals surface area contributed by atoms with Crippen LogP contribution in [0.3, 0.4) is 0 Å². The molecule has 0 aromatic carbocycles. The highest BCUT2D eigenvalue weighted by molar-refractivity contribution is 5.48. The van der Waals surface area contributed by atoms with E-state index < -0.39 is 0 Å². The molecule has 0 aliphatic heterocycles. The zero-order chi connectivity index (χ0) is 10.3. The highest BCUT2D eigenvalue weighted by Crippen LogP contribution is 2.20. The van der Waals surface area contributed by atoms with Crippen molar-refractivity contribution in [2.45, 2.75) is 26.7 Å². The molecule has 0 fully saturated rings. The van der Waals surface area contributed by atoms with Gasteiger partial charge in [-0.1, -0.05) is 13.8 Å². The van der Waals surface area contributed by atoms with E-state index in [1.807, 2.05) is 13.8 Å². The second-order valence-electron chi connectivity index (χ2n) is 3.70. The third-order valence-electron chi connectivity index (χ3n) is 2.16. The van der Waals surface area contributed by atoms with Gasteiger partial charge in [-0.2, -0.15) is 5.10 Å². The smallest absolute Gasteiger partial charge is 0.159 e. The molecule has 2 aromatic heterocycles. The van der Waals surface area contributed by atoms with E-state index in [1.54, 1.807) is 6.92 Å². The Bertz CT molecular complexity index is 473. The van der Waals surface area contributed by atoms with Crippen molar-refractivity contribution in [3.63, 3.8) is 0 Å². The lowest BCUT2D eigenvalue weighted by Crippen LogP contribution is -1.97. The molecule has 0 unspecified atom stereocenters. The van der Waals surface area contributed by atoms with Gasteiger partial charge in [0.25, 0.3) is 0 Å². The van der Waals surface area contributed by atoms with Crippen molar-refractivity contribution in [1.82, 2.24) is 14.6 Å². The van der Waals surface area contributed by atoms with Crippen molar-refractivity contribution in [1.29, 1.82) is 0 Å². The van der Waals surface area contributed by atoms with E-state index >= 15 is 0 Å². The van der Waals surface area contributed by atoms with Crippen LogP contribution in [0, 0.1) is 12.7 Å². The van der Waals surface area contributed by atoms with Crippen LogP contribution in [0.1, 0.15) is 31.2 Å². The highest BCUT2D eigenvalue weighted by Gasteiger charge is 2.10. The van der Waals surface area contributed by atoms with E-state index in [2.05, 4.69) is 10.1 Å². The Hall–Kier alpha value is -1.45. The maximum atomic E-state index is 13.2. The number of aromatic nitrogens is 3. The van der Waals surface area contributed by atoms with Gasteiger partial charge < -0.3 is 0 Å². The molecule has 0 aliphatic rings. The van der Waals surface area contributed by atoms with E-state index in [0.29, 0.717) is 5.82 Å². The highest BCUT2D eigenvalue weighted by atomic mass is 19.1. The molecule has 0 spiro atoms. The van der Waals surface area contributed by atoms with Gasteiger partial charge in [0, 0.05) is 5.56 Å². The van der Waals surface area contributed by atoms with Crippen molar-refractivity contribution >= 4 is 5.65 Å². The maximum absolute atomic E-state index is 13.2. The molecule has 0 aliphatic carbocycles. The Balaban J connectivity index is 2.79. The molecule has 2 aromatic rings. The molecule has 4 heteroatoms. The van der Waals surface area contributed by atoms with Gasteiger partial charge in [-0.05, 0) is 18.9 Å². The Kier molecular flexibility index (Phi) is 1.98. The molecule has 14 heavy (non-hydrogen) atoms. The van der Waals surface area contributed by atoms with E-state index in [4.69, 9.17) is 0 Å². The second-order valence-corrected chi connectivity index (χ2v) is 3.70. The first-order chi connectivity index (χ1) is 6.58. The number of rotatable bonds is 1. The van der Waals surface area contributed by atoms with Crippen molar-refractivity contribution in [2.24, 2.45) is 0 Å². The van der Waals surface area contributed by atoms with Crippen molar-refractivity contribution in [2.75, 3.05) is 0 Å². The molecule has 2 rings (SSSR count). The topological polar surface area (TPSA) is 30.2 Å². The lowest BCUT2D eigenvalue weighted by atomic mass is 10.1. The number of aryl methyl sites for hydroxylation is 1. The summed E-state index contributed by atoms with van der Waals surface area (Å²) < 4.78 is 14.7. The molecule has 0 saturated carbocycles. The largest absolute Gasteiger partial charge is 0.218 e. The van der Waals surface area contributed by atoms with E-state index in [-0.39, 0.29) is 11.7 Å². The zero-order valence-electron chi connectivity index (χ0n) is 8.45.